The zero-order chi connectivity index (χ0) is 18.6. The maximum Gasteiger partial charge on any atom is 0.251 e. The van der Waals surface area contributed by atoms with Gasteiger partial charge in [-0.15, -0.1) is 0 Å². The Labute approximate surface area is 161 Å². The number of fused-ring (bicyclic) bond motifs is 1. The monoisotopic (exact) mass is 358 g/mol. The first-order valence-corrected chi connectivity index (χ1v) is 9.95. The smallest absolute Gasteiger partial charge is 0.251 e. The lowest BCUT2D eigenvalue weighted by Gasteiger charge is -2.18. The Bertz CT molecular complexity index is 923. The lowest BCUT2D eigenvalue weighted by molar-refractivity contribution is 0.0953. The summed E-state index contributed by atoms with van der Waals surface area (Å²) >= 11 is 0. The van der Waals surface area contributed by atoms with E-state index >= 15 is 0 Å². The van der Waals surface area contributed by atoms with Crippen LogP contribution in [0.15, 0.2) is 60.7 Å². The van der Waals surface area contributed by atoms with Gasteiger partial charge in [-0.25, -0.2) is 0 Å². The zero-order valence-corrected chi connectivity index (χ0v) is 15.9. The SMILES string of the molecule is CCCNC(=O)c1ccc(-n2c(-c3ccccc3)cc3c2CCCC3)cc1. The maximum atomic E-state index is 12.2. The maximum absolute atomic E-state index is 12.2. The second kappa shape index (κ2) is 7.83. The van der Waals surface area contributed by atoms with Crippen LogP contribution in [0, 0.1) is 0 Å². The number of hydrogen-bond acceptors (Lipinski definition) is 1. The second-order valence-electron chi connectivity index (χ2n) is 7.21. The highest BCUT2D eigenvalue weighted by molar-refractivity contribution is 5.94. The predicted molar refractivity (Wildman–Crippen MR) is 110 cm³/mol. The van der Waals surface area contributed by atoms with Crippen molar-refractivity contribution in [1.29, 1.82) is 0 Å². The molecule has 1 amide bonds. The number of benzene rings is 2. The first-order chi connectivity index (χ1) is 13.3. The third kappa shape index (κ3) is 3.55. The van der Waals surface area contributed by atoms with Crippen molar-refractivity contribution >= 4 is 5.91 Å². The van der Waals surface area contributed by atoms with Gasteiger partial charge in [-0.1, -0.05) is 37.3 Å². The molecule has 3 nitrogen and oxygen atoms in total. The lowest BCUT2D eigenvalue weighted by Crippen LogP contribution is -2.23. The molecule has 0 radical (unpaired) electrons. The van der Waals surface area contributed by atoms with E-state index < -0.39 is 0 Å². The molecular formula is C24H26N2O. The summed E-state index contributed by atoms with van der Waals surface area (Å²) in [5.74, 6) is 0.00113. The van der Waals surface area contributed by atoms with Crippen molar-refractivity contribution in [2.45, 2.75) is 39.0 Å². The van der Waals surface area contributed by atoms with Crippen LogP contribution in [-0.4, -0.2) is 17.0 Å². The van der Waals surface area contributed by atoms with Crippen molar-refractivity contribution in [3.05, 3.63) is 77.5 Å². The van der Waals surface area contributed by atoms with Crippen LogP contribution < -0.4 is 5.32 Å². The summed E-state index contributed by atoms with van der Waals surface area (Å²) in [7, 11) is 0. The lowest BCUT2D eigenvalue weighted by atomic mass is 9.98. The van der Waals surface area contributed by atoms with Crippen molar-refractivity contribution in [2.75, 3.05) is 6.54 Å². The second-order valence-corrected chi connectivity index (χ2v) is 7.21. The van der Waals surface area contributed by atoms with E-state index in [-0.39, 0.29) is 5.91 Å². The molecule has 27 heavy (non-hydrogen) atoms. The molecule has 0 bridgehead atoms. The number of nitrogens with one attached hydrogen (secondary N) is 1. The molecule has 0 spiro atoms. The molecule has 0 aliphatic heterocycles. The fourth-order valence-corrected chi connectivity index (χ4v) is 3.92. The van der Waals surface area contributed by atoms with Gasteiger partial charge in [-0.3, -0.25) is 4.79 Å². The van der Waals surface area contributed by atoms with Gasteiger partial charge in [-0.2, -0.15) is 0 Å². The molecule has 1 aliphatic rings. The zero-order valence-electron chi connectivity index (χ0n) is 15.9. The third-order valence-corrected chi connectivity index (χ3v) is 5.29. The molecular weight excluding hydrogens is 332 g/mol. The Hall–Kier alpha value is -2.81. The number of aromatic nitrogens is 1. The number of rotatable bonds is 5. The van der Waals surface area contributed by atoms with Crippen molar-refractivity contribution in [3.63, 3.8) is 0 Å². The van der Waals surface area contributed by atoms with E-state index in [1.54, 1.807) is 0 Å². The summed E-state index contributed by atoms with van der Waals surface area (Å²) in [6.07, 6.45) is 5.71. The van der Waals surface area contributed by atoms with Crippen molar-refractivity contribution in [2.24, 2.45) is 0 Å². The standard InChI is InChI=1S/C24H26N2O/c1-2-16-25-24(27)19-12-14-21(15-13-19)26-22-11-7-6-10-20(22)17-23(26)18-8-4-3-5-9-18/h3-5,8-9,12-15,17H,2,6-7,10-11,16H2,1H3,(H,25,27). The van der Waals surface area contributed by atoms with E-state index in [0.29, 0.717) is 6.54 Å². The van der Waals surface area contributed by atoms with Gasteiger partial charge >= 0.3 is 0 Å². The van der Waals surface area contributed by atoms with Crippen molar-refractivity contribution in [3.8, 4) is 16.9 Å². The first kappa shape index (κ1) is 17.6. The van der Waals surface area contributed by atoms with E-state index in [1.807, 2.05) is 12.1 Å². The molecule has 3 aromatic rings. The molecule has 4 rings (SSSR count). The quantitative estimate of drug-likeness (QED) is 0.671. The van der Waals surface area contributed by atoms with Crippen LogP contribution in [0.3, 0.4) is 0 Å². The fraction of sp³-hybridized carbons (Fsp3) is 0.292. The average Bonchev–Trinajstić information content (AvgIpc) is 3.12. The minimum Gasteiger partial charge on any atom is -0.352 e. The Morgan fingerprint density at radius 1 is 1.00 bits per heavy atom. The van der Waals surface area contributed by atoms with Gasteiger partial charge in [0.05, 0.1) is 5.69 Å². The van der Waals surface area contributed by atoms with E-state index in [9.17, 15) is 4.79 Å². The topological polar surface area (TPSA) is 34.0 Å². The largest absolute Gasteiger partial charge is 0.352 e. The summed E-state index contributed by atoms with van der Waals surface area (Å²) in [5, 5.41) is 2.94. The molecule has 0 unspecified atom stereocenters. The van der Waals surface area contributed by atoms with Gasteiger partial charge in [0.2, 0.25) is 0 Å². The number of aryl methyl sites for hydroxylation is 1. The highest BCUT2D eigenvalue weighted by Gasteiger charge is 2.20. The van der Waals surface area contributed by atoms with Crippen LogP contribution in [0.1, 0.15) is 47.8 Å². The van der Waals surface area contributed by atoms with E-state index in [2.05, 4.69) is 65.3 Å². The summed E-state index contributed by atoms with van der Waals surface area (Å²) in [4.78, 5) is 12.2. The molecule has 0 saturated heterocycles. The molecule has 0 saturated carbocycles. The molecule has 0 fully saturated rings. The third-order valence-electron chi connectivity index (χ3n) is 5.29. The Balaban J connectivity index is 1.74. The number of nitrogens with zero attached hydrogens (tertiary/aromatic N) is 1. The summed E-state index contributed by atoms with van der Waals surface area (Å²) in [6.45, 7) is 2.77. The molecule has 1 aromatic heterocycles. The number of hydrogen-bond donors (Lipinski definition) is 1. The fourth-order valence-electron chi connectivity index (χ4n) is 3.92. The van der Waals surface area contributed by atoms with Crippen LogP contribution in [0.5, 0.6) is 0 Å². The molecule has 138 valence electrons. The van der Waals surface area contributed by atoms with Gasteiger partial charge < -0.3 is 9.88 Å². The Morgan fingerprint density at radius 2 is 1.74 bits per heavy atom. The van der Waals surface area contributed by atoms with Crippen LogP contribution in [-0.2, 0) is 12.8 Å². The van der Waals surface area contributed by atoms with Crippen molar-refractivity contribution in [1.82, 2.24) is 9.88 Å². The molecule has 1 heterocycles. The molecule has 0 atom stereocenters. The summed E-state index contributed by atoms with van der Waals surface area (Å²) in [6, 6.07) is 20.9. The van der Waals surface area contributed by atoms with Gasteiger partial charge in [0.15, 0.2) is 0 Å². The number of carbonyl (C=O) groups is 1. The van der Waals surface area contributed by atoms with E-state index in [0.717, 1.165) is 30.5 Å². The molecule has 3 heteroatoms. The average molecular weight is 358 g/mol. The molecule has 2 aromatic carbocycles. The molecule has 1 N–H and O–H groups in total. The highest BCUT2D eigenvalue weighted by atomic mass is 16.1. The minimum atomic E-state index is 0.00113. The van der Waals surface area contributed by atoms with Crippen LogP contribution in [0.4, 0.5) is 0 Å². The van der Waals surface area contributed by atoms with Gasteiger partial charge in [0.1, 0.15) is 0 Å². The normalized spacial score (nSPS) is 13.2. The van der Waals surface area contributed by atoms with Gasteiger partial charge in [-0.05, 0) is 73.6 Å². The molecule has 1 aliphatic carbocycles. The van der Waals surface area contributed by atoms with Crippen LogP contribution in [0.25, 0.3) is 16.9 Å². The minimum absolute atomic E-state index is 0.00113. The van der Waals surface area contributed by atoms with Crippen LogP contribution >= 0.6 is 0 Å². The Morgan fingerprint density at radius 3 is 2.48 bits per heavy atom. The van der Waals surface area contributed by atoms with Crippen LogP contribution in [0.2, 0.25) is 0 Å². The van der Waals surface area contributed by atoms with E-state index in [1.165, 1.54) is 35.4 Å². The first-order valence-electron chi connectivity index (χ1n) is 9.95. The predicted octanol–water partition coefficient (Wildman–Crippen LogP) is 5.16. The number of amides is 1. The van der Waals surface area contributed by atoms with E-state index in [4.69, 9.17) is 0 Å². The highest BCUT2D eigenvalue weighted by Crippen LogP contribution is 2.33. The number of carbonyl (C=O) groups excluding carboxylic acids is 1. The van der Waals surface area contributed by atoms with Gasteiger partial charge in [0.25, 0.3) is 5.91 Å². The van der Waals surface area contributed by atoms with Crippen molar-refractivity contribution < 1.29 is 4.79 Å². The van der Waals surface area contributed by atoms with Gasteiger partial charge in [0, 0.05) is 23.5 Å². The summed E-state index contributed by atoms with van der Waals surface area (Å²) in [5.41, 5.74) is 7.20. The summed E-state index contributed by atoms with van der Waals surface area (Å²) < 4.78 is 2.39. The Kier molecular flexibility index (Phi) is 5.10.